The molecule has 0 spiro atoms. The largest absolute Gasteiger partial charge is 0.480 e. The Balaban J connectivity index is -0.000000149. The van der Waals surface area contributed by atoms with Gasteiger partial charge in [0.2, 0.25) is 0 Å². The van der Waals surface area contributed by atoms with Crippen molar-refractivity contribution in [3.63, 3.8) is 0 Å². The van der Waals surface area contributed by atoms with E-state index in [1.54, 1.807) is 0 Å². The van der Waals surface area contributed by atoms with E-state index >= 15 is 0 Å². The van der Waals surface area contributed by atoms with E-state index in [1.165, 1.54) is 0 Å². The molecule has 0 saturated carbocycles. The SMILES string of the molecule is C[SeH].Cl.N[C@@H](CS)C(=O)O. The number of halogens is 1. The number of rotatable bonds is 2. The van der Waals surface area contributed by atoms with Gasteiger partial charge in [0.15, 0.2) is 0 Å². The number of carboxylic acids is 1. The second-order valence-corrected chi connectivity index (χ2v) is 1.49. The maximum atomic E-state index is 9.76. The molecule has 3 N–H and O–H groups in total. The zero-order valence-corrected chi connectivity index (χ0v) is 9.11. The monoisotopic (exact) mass is 253 g/mol. The second-order valence-electron chi connectivity index (χ2n) is 1.13. The number of carbonyl (C=O) groups is 1. The minimum atomic E-state index is -1.00. The van der Waals surface area contributed by atoms with Crippen molar-refractivity contribution >= 4 is 47.0 Å². The summed E-state index contributed by atoms with van der Waals surface area (Å²) in [6.45, 7) is 0. The van der Waals surface area contributed by atoms with Crippen LogP contribution in [0.3, 0.4) is 0 Å². The molecule has 0 rings (SSSR count). The first-order valence-electron chi connectivity index (χ1n) is 2.22. The molecule has 10 heavy (non-hydrogen) atoms. The quantitative estimate of drug-likeness (QED) is 0.467. The van der Waals surface area contributed by atoms with Crippen LogP contribution in [0.4, 0.5) is 0 Å². The Hall–Kier alpha value is 0.589. The smallest absolute Gasteiger partial charge is 0.321 e. The molecule has 0 fully saturated rings. The van der Waals surface area contributed by atoms with Gasteiger partial charge in [0.1, 0.15) is 6.04 Å². The number of aliphatic carboxylic acids is 1. The van der Waals surface area contributed by atoms with Crippen molar-refractivity contribution in [3.8, 4) is 0 Å². The summed E-state index contributed by atoms with van der Waals surface area (Å²) in [4.78, 5) is 9.76. The van der Waals surface area contributed by atoms with E-state index in [0.717, 1.165) is 0 Å². The van der Waals surface area contributed by atoms with Crippen LogP contribution in [0, 0.1) is 0 Å². The molecule has 0 aromatic carbocycles. The zero-order chi connectivity index (χ0) is 7.86. The summed E-state index contributed by atoms with van der Waals surface area (Å²) < 4.78 is 0. The molecular weight excluding hydrogens is 241 g/mol. The van der Waals surface area contributed by atoms with Gasteiger partial charge in [0, 0.05) is 5.75 Å². The molecule has 0 aliphatic rings. The first-order chi connectivity index (χ1) is 4.18. The van der Waals surface area contributed by atoms with Crippen molar-refractivity contribution in [2.75, 3.05) is 5.75 Å². The van der Waals surface area contributed by atoms with Crippen molar-refractivity contribution in [1.82, 2.24) is 0 Å². The van der Waals surface area contributed by atoms with Crippen LogP contribution in [0.5, 0.6) is 0 Å². The standard InChI is InChI=1S/C3H7NO2S.CH4Se.ClH/c4-2(1-7)3(5)6;1-2;/h2,7H,1,4H2,(H,5,6);2H,1H3;1H/t2-;;/m0../s1. The van der Waals surface area contributed by atoms with E-state index in [-0.39, 0.29) is 18.2 Å². The third-order valence-electron chi connectivity index (χ3n) is 0.514. The number of nitrogens with two attached hydrogens (primary N) is 1. The van der Waals surface area contributed by atoms with Crippen LogP contribution in [-0.2, 0) is 4.79 Å². The van der Waals surface area contributed by atoms with E-state index < -0.39 is 12.0 Å². The molecule has 3 nitrogen and oxygen atoms in total. The second kappa shape index (κ2) is 12.3. The number of hydrogen-bond donors (Lipinski definition) is 3. The van der Waals surface area contributed by atoms with Gasteiger partial charge in [-0.25, -0.2) is 0 Å². The molecule has 0 saturated heterocycles. The molecule has 0 aliphatic carbocycles. The fourth-order valence-electron chi connectivity index (χ4n) is 0.0781. The molecule has 0 aromatic heterocycles. The van der Waals surface area contributed by atoms with Gasteiger partial charge in [-0.05, 0) is 0 Å². The topological polar surface area (TPSA) is 63.3 Å². The van der Waals surface area contributed by atoms with Crippen molar-refractivity contribution in [2.45, 2.75) is 11.9 Å². The van der Waals surface area contributed by atoms with E-state index in [9.17, 15) is 4.79 Å². The van der Waals surface area contributed by atoms with Crippen LogP contribution < -0.4 is 5.73 Å². The van der Waals surface area contributed by atoms with Crippen LogP contribution >= 0.6 is 25.0 Å². The average Bonchev–Trinajstić information content (AvgIpc) is 1.91. The minimum absolute atomic E-state index is 0. The summed E-state index contributed by atoms with van der Waals surface area (Å²) in [5.41, 5.74) is 4.94. The fraction of sp³-hybridized carbons (Fsp3) is 0.750. The van der Waals surface area contributed by atoms with Gasteiger partial charge in [0.05, 0.1) is 0 Å². The molecule has 0 heterocycles. The molecule has 6 heteroatoms. The first-order valence-corrected chi connectivity index (χ1v) is 4.73. The molecule has 1 atom stereocenters. The van der Waals surface area contributed by atoms with Crippen molar-refractivity contribution in [2.24, 2.45) is 5.73 Å². The van der Waals surface area contributed by atoms with Crippen LogP contribution in [0.15, 0.2) is 0 Å². The molecule has 0 aliphatic heterocycles. The van der Waals surface area contributed by atoms with Gasteiger partial charge in [-0.15, -0.1) is 12.4 Å². The Morgan fingerprint density at radius 3 is 2.10 bits per heavy atom. The molecule has 0 radical (unpaired) electrons. The maximum Gasteiger partial charge on any atom is 0.321 e. The minimum Gasteiger partial charge on any atom is -0.480 e. The van der Waals surface area contributed by atoms with Gasteiger partial charge >= 0.3 is 27.8 Å². The zero-order valence-electron chi connectivity index (χ0n) is 5.52. The van der Waals surface area contributed by atoms with E-state index in [2.05, 4.69) is 28.6 Å². The normalized spacial score (nSPS) is 10.0. The molecule has 0 amide bonds. The predicted molar refractivity (Wildman–Crippen MR) is 49.7 cm³/mol. The molecular formula is C4H12ClNO2SSe. The van der Waals surface area contributed by atoms with E-state index in [0.29, 0.717) is 0 Å². The predicted octanol–water partition coefficient (Wildman–Crippen LogP) is -0.315. The number of hydrogen-bond acceptors (Lipinski definition) is 3. The average molecular weight is 253 g/mol. The van der Waals surface area contributed by atoms with Gasteiger partial charge in [0.25, 0.3) is 0 Å². The summed E-state index contributed by atoms with van der Waals surface area (Å²) >= 11 is 5.96. The van der Waals surface area contributed by atoms with Crippen LogP contribution in [0.1, 0.15) is 0 Å². The van der Waals surface area contributed by atoms with Gasteiger partial charge in [-0.3, -0.25) is 4.79 Å². The van der Waals surface area contributed by atoms with E-state index in [1.807, 2.05) is 5.82 Å². The third kappa shape index (κ3) is 11.4. The summed E-state index contributed by atoms with van der Waals surface area (Å²) in [7, 11) is 0. The van der Waals surface area contributed by atoms with Gasteiger partial charge < -0.3 is 10.8 Å². The van der Waals surface area contributed by atoms with Crippen LogP contribution in [0.2, 0.25) is 5.82 Å². The maximum absolute atomic E-state index is 9.76. The fourth-order valence-corrected chi connectivity index (χ4v) is 0.234. The number of carboxylic acid groups (broad SMARTS) is 1. The Kier molecular flexibility index (Phi) is 20.8. The van der Waals surface area contributed by atoms with Gasteiger partial charge in [-0.2, -0.15) is 12.6 Å². The summed E-state index contributed by atoms with van der Waals surface area (Å²) in [6.07, 6.45) is 0. The Morgan fingerprint density at radius 1 is 1.80 bits per heavy atom. The summed E-state index contributed by atoms with van der Waals surface area (Å²) in [6, 6.07) is -0.816. The Bertz CT molecular complexity index is 85.7. The first kappa shape index (κ1) is 16.9. The Labute approximate surface area is 80.4 Å². The Morgan fingerprint density at radius 2 is 2.10 bits per heavy atom. The molecule has 0 unspecified atom stereocenters. The summed E-state index contributed by atoms with van der Waals surface area (Å²) in [5.74, 6) is 1.12. The summed E-state index contributed by atoms with van der Waals surface area (Å²) in [5, 5.41) is 8.01. The van der Waals surface area contributed by atoms with Crippen molar-refractivity contribution in [3.05, 3.63) is 0 Å². The van der Waals surface area contributed by atoms with Crippen molar-refractivity contribution < 1.29 is 9.90 Å². The van der Waals surface area contributed by atoms with Crippen LogP contribution in [0.25, 0.3) is 0 Å². The van der Waals surface area contributed by atoms with Crippen molar-refractivity contribution in [1.29, 1.82) is 0 Å². The molecule has 64 valence electrons. The molecule has 0 bridgehead atoms. The van der Waals surface area contributed by atoms with E-state index in [4.69, 9.17) is 10.8 Å². The number of thiol groups is 1. The third-order valence-corrected chi connectivity index (χ3v) is 0.907. The van der Waals surface area contributed by atoms with Crippen LogP contribution in [-0.4, -0.2) is 38.9 Å². The molecule has 0 aromatic rings. The van der Waals surface area contributed by atoms with Gasteiger partial charge in [-0.1, -0.05) is 0 Å².